The van der Waals surface area contributed by atoms with Crippen LogP contribution in [0.2, 0.25) is 0 Å². The van der Waals surface area contributed by atoms with E-state index in [1.165, 1.54) is 0 Å². The molecule has 1 atom stereocenters. The predicted molar refractivity (Wildman–Crippen MR) is 149 cm³/mol. The third-order valence-corrected chi connectivity index (χ3v) is 6.51. The molecule has 1 aliphatic heterocycles. The second-order valence-corrected chi connectivity index (χ2v) is 9.24. The van der Waals surface area contributed by atoms with Crippen LogP contribution in [0.15, 0.2) is 72.8 Å². The molecule has 2 amide bonds. The van der Waals surface area contributed by atoms with Gasteiger partial charge in [-0.15, -0.1) is 0 Å². The molecule has 9 heteroatoms. The number of esters is 1. The van der Waals surface area contributed by atoms with E-state index in [0.29, 0.717) is 35.7 Å². The van der Waals surface area contributed by atoms with Gasteiger partial charge in [-0.05, 0) is 30.2 Å². The first-order chi connectivity index (χ1) is 18.8. The number of carbonyl (C=O) groups is 3. The number of fused-ring (bicyclic) bond motifs is 1. The van der Waals surface area contributed by atoms with Crippen molar-refractivity contribution < 1.29 is 23.9 Å². The van der Waals surface area contributed by atoms with E-state index in [4.69, 9.17) is 20.6 Å². The summed E-state index contributed by atoms with van der Waals surface area (Å²) in [7, 11) is 1.70. The van der Waals surface area contributed by atoms with Gasteiger partial charge >= 0.3 is 5.97 Å². The van der Waals surface area contributed by atoms with E-state index in [1.807, 2.05) is 42.5 Å². The Balaban J connectivity index is 1.59. The molecule has 0 bridgehead atoms. The number of nitrogens with zero attached hydrogens (tertiary/aromatic N) is 2. The van der Waals surface area contributed by atoms with Crippen LogP contribution in [-0.4, -0.2) is 43.4 Å². The molecule has 0 saturated heterocycles. The van der Waals surface area contributed by atoms with Gasteiger partial charge in [-0.25, -0.2) is 0 Å². The van der Waals surface area contributed by atoms with Crippen LogP contribution in [0.3, 0.4) is 0 Å². The molecule has 0 fully saturated rings. The van der Waals surface area contributed by atoms with Gasteiger partial charge in [-0.1, -0.05) is 54.6 Å². The second kappa shape index (κ2) is 12.3. The number of carbonyl (C=O) groups excluding carboxylic acids is 3. The summed E-state index contributed by atoms with van der Waals surface area (Å²) in [4.78, 5) is 41.5. The molecule has 0 aliphatic carbocycles. The highest BCUT2D eigenvalue weighted by atomic mass is 16.5. The minimum Gasteiger partial charge on any atom is -0.478 e. The zero-order chi connectivity index (χ0) is 27.9. The number of hydrogen-bond acceptors (Lipinski definition) is 6. The largest absolute Gasteiger partial charge is 0.478 e. The maximum atomic E-state index is 13.3. The van der Waals surface area contributed by atoms with Crippen molar-refractivity contribution in [3.05, 3.63) is 89.5 Å². The minimum absolute atomic E-state index is 0.000874. The van der Waals surface area contributed by atoms with Crippen molar-refractivity contribution in [2.75, 3.05) is 23.5 Å². The average Bonchev–Trinajstić information content (AvgIpc) is 2.94. The Bertz CT molecular complexity index is 1360. The van der Waals surface area contributed by atoms with Gasteiger partial charge in [0.15, 0.2) is 6.10 Å². The first-order valence-corrected chi connectivity index (χ1v) is 12.8. The van der Waals surface area contributed by atoms with Crippen LogP contribution >= 0.6 is 0 Å². The van der Waals surface area contributed by atoms with Gasteiger partial charge in [0.2, 0.25) is 5.91 Å². The van der Waals surface area contributed by atoms with Gasteiger partial charge in [-0.2, -0.15) is 0 Å². The highest BCUT2D eigenvalue weighted by Gasteiger charge is 2.33. The Kier molecular flexibility index (Phi) is 8.60. The van der Waals surface area contributed by atoms with Gasteiger partial charge in [0.25, 0.3) is 5.91 Å². The van der Waals surface area contributed by atoms with Crippen molar-refractivity contribution in [3.63, 3.8) is 0 Å². The standard InChI is InChI=1S/C30H32N4O5/c1-3-38-28(36)16-15-27(35)34(19-21-7-5-4-6-8-21)23-13-14-24-25(18-23)39-26(30(37)33(24)2)17-20-9-11-22(12-10-20)29(31)32/h4-14,18,26H,3,15-17,19H2,1-2H3,(H3,31,32). The van der Waals surface area contributed by atoms with Gasteiger partial charge in [0.1, 0.15) is 11.6 Å². The highest BCUT2D eigenvalue weighted by molar-refractivity contribution is 6.01. The second-order valence-electron chi connectivity index (χ2n) is 9.24. The van der Waals surface area contributed by atoms with Gasteiger partial charge in [0, 0.05) is 37.2 Å². The molecular weight excluding hydrogens is 496 g/mol. The molecule has 3 aromatic rings. The number of rotatable bonds is 10. The molecule has 3 aromatic carbocycles. The smallest absolute Gasteiger partial charge is 0.306 e. The fourth-order valence-corrected chi connectivity index (χ4v) is 4.41. The lowest BCUT2D eigenvalue weighted by Crippen LogP contribution is -2.45. The quantitative estimate of drug-likeness (QED) is 0.234. The van der Waals surface area contributed by atoms with Crippen LogP contribution in [0.4, 0.5) is 11.4 Å². The summed E-state index contributed by atoms with van der Waals surface area (Å²) < 4.78 is 11.2. The molecule has 1 heterocycles. The fraction of sp³-hybridized carbons (Fsp3) is 0.267. The Hall–Kier alpha value is -4.66. The third kappa shape index (κ3) is 6.62. The van der Waals surface area contributed by atoms with E-state index in [9.17, 15) is 14.4 Å². The Morgan fingerprint density at radius 2 is 1.74 bits per heavy atom. The van der Waals surface area contributed by atoms with E-state index in [-0.39, 0.29) is 37.1 Å². The van der Waals surface area contributed by atoms with Crippen molar-refractivity contribution in [2.24, 2.45) is 5.73 Å². The van der Waals surface area contributed by atoms with Gasteiger partial charge in [0.05, 0.1) is 25.3 Å². The van der Waals surface area contributed by atoms with E-state index >= 15 is 0 Å². The van der Waals surface area contributed by atoms with E-state index in [1.54, 1.807) is 54.1 Å². The number of nitrogen functional groups attached to an aromatic ring is 1. The molecule has 3 N–H and O–H groups in total. The van der Waals surface area contributed by atoms with Crippen LogP contribution in [-0.2, 0) is 32.1 Å². The Labute approximate surface area is 227 Å². The number of ether oxygens (including phenoxy) is 2. The molecule has 39 heavy (non-hydrogen) atoms. The van der Waals surface area contributed by atoms with Crippen molar-refractivity contribution in [1.29, 1.82) is 5.41 Å². The SMILES string of the molecule is CCOC(=O)CCC(=O)N(Cc1ccccc1)c1ccc2c(c1)OC(Cc1ccc(C(=N)N)cc1)C(=O)N2C. The predicted octanol–water partition coefficient (Wildman–Crippen LogP) is 3.81. The number of amides is 2. The summed E-state index contributed by atoms with van der Waals surface area (Å²) in [6.45, 7) is 2.30. The topological polar surface area (TPSA) is 126 Å². The zero-order valence-corrected chi connectivity index (χ0v) is 22.1. The van der Waals surface area contributed by atoms with Crippen LogP contribution in [0.1, 0.15) is 36.5 Å². The normalized spacial score (nSPS) is 14.3. The lowest BCUT2D eigenvalue weighted by Gasteiger charge is -2.33. The summed E-state index contributed by atoms with van der Waals surface area (Å²) in [5.41, 5.74) is 9.14. The summed E-state index contributed by atoms with van der Waals surface area (Å²) in [5, 5.41) is 7.56. The van der Waals surface area contributed by atoms with Gasteiger partial charge < -0.3 is 25.0 Å². The molecule has 0 aromatic heterocycles. The first-order valence-electron chi connectivity index (χ1n) is 12.8. The van der Waals surface area contributed by atoms with Crippen LogP contribution in [0.25, 0.3) is 0 Å². The lowest BCUT2D eigenvalue weighted by atomic mass is 10.0. The molecule has 0 saturated carbocycles. The number of likely N-dealkylation sites (N-methyl/N-ethyl adjacent to an activating group) is 1. The molecule has 1 unspecified atom stereocenters. The van der Waals surface area contributed by atoms with Crippen molar-refractivity contribution >= 4 is 35.0 Å². The van der Waals surface area contributed by atoms with Crippen molar-refractivity contribution in [3.8, 4) is 5.75 Å². The fourth-order valence-electron chi connectivity index (χ4n) is 4.41. The maximum Gasteiger partial charge on any atom is 0.306 e. The number of amidine groups is 1. The van der Waals surface area contributed by atoms with Crippen LogP contribution in [0.5, 0.6) is 5.75 Å². The van der Waals surface area contributed by atoms with Gasteiger partial charge in [-0.3, -0.25) is 19.8 Å². The van der Waals surface area contributed by atoms with E-state index in [0.717, 1.165) is 11.1 Å². The number of benzene rings is 3. The number of anilines is 2. The van der Waals surface area contributed by atoms with Crippen LogP contribution in [0, 0.1) is 5.41 Å². The average molecular weight is 529 g/mol. The number of hydrogen-bond donors (Lipinski definition) is 2. The summed E-state index contributed by atoms with van der Waals surface area (Å²) >= 11 is 0. The summed E-state index contributed by atoms with van der Waals surface area (Å²) in [6, 6.07) is 22.0. The minimum atomic E-state index is -0.761. The van der Waals surface area contributed by atoms with Crippen LogP contribution < -0.4 is 20.3 Å². The van der Waals surface area contributed by atoms with E-state index < -0.39 is 12.1 Å². The molecule has 202 valence electrons. The first kappa shape index (κ1) is 27.4. The molecular formula is C30H32N4O5. The molecule has 4 rings (SSSR count). The van der Waals surface area contributed by atoms with Crippen molar-refractivity contribution in [2.45, 2.75) is 38.8 Å². The number of nitrogens with one attached hydrogen (secondary N) is 1. The maximum absolute atomic E-state index is 13.3. The Morgan fingerprint density at radius 1 is 1.03 bits per heavy atom. The lowest BCUT2D eigenvalue weighted by molar-refractivity contribution is -0.144. The summed E-state index contributed by atoms with van der Waals surface area (Å²) in [5.74, 6) is -0.369. The van der Waals surface area contributed by atoms with E-state index in [2.05, 4.69) is 0 Å². The van der Waals surface area contributed by atoms with Crippen molar-refractivity contribution in [1.82, 2.24) is 0 Å². The monoisotopic (exact) mass is 528 g/mol. The summed E-state index contributed by atoms with van der Waals surface area (Å²) in [6.07, 6.45) is -0.442. The molecule has 0 radical (unpaired) electrons. The molecule has 1 aliphatic rings. The third-order valence-electron chi connectivity index (χ3n) is 6.51. The Morgan fingerprint density at radius 3 is 2.41 bits per heavy atom. The number of nitrogens with two attached hydrogens (primary N) is 1. The molecule has 9 nitrogen and oxygen atoms in total. The molecule has 0 spiro atoms. The zero-order valence-electron chi connectivity index (χ0n) is 22.1. The highest BCUT2D eigenvalue weighted by Crippen LogP contribution is 2.37.